The molecule has 0 aromatic heterocycles. The number of ether oxygens (including phenoxy) is 2. The molecule has 37 heavy (non-hydrogen) atoms. The average Bonchev–Trinajstić information content (AvgIpc) is 3.19. The van der Waals surface area contributed by atoms with E-state index in [-0.39, 0.29) is 35.4 Å². The zero-order valence-corrected chi connectivity index (χ0v) is 21.0. The van der Waals surface area contributed by atoms with E-state index < -0.39 is 11.9 Å². The molecule has 1 aliphatic heterocycles. The zero-order valence-electron chi connectivity index (χ0n) is 20.2. The van der Waals surface area contributed by atoms with Gasteiger partial charge in [0, 0.05) is 11.1 Å². The molecule has 1 aliphatic rings. The summed E-state index contributed by atoms with van der Waals surface area (Å²) in [5.41, 5.74) is 2.16. The molecule has 0 atom stereocenters. The number of carbonyl (C=O) groups excluding carboxylic acids is 2. The summed E-state index contributed by atoms with van der Waals surface area (Å²) in [6, 6.07) is 20.4. The topological polar surface area (TPSA) is 85.2 Å². The highest BCUT2D eigenvalue weighted by atomic mass is 32.2. The van der Waals surface area contributed by atoms with Crippen molar-refractivity contribution in [3.05, 3.63) is 117 Å². The molecule has 0 unspecified atom stereocenters. The molecule has 3 aromatic rings. The number of hydrogen-bond donors (Lipinski definition) is 1. The Morgan fingerprint density at radius 3 is 2.43 bits per heavy atom. The van der Waals surface area contributed by atoms with Gasteiger partial charge >= 0.3 is 5.97 Å². The van der Waals surface area contributed by atoms with Crippen LogP contribution in [0.15, 0.2) is 94.0 Å². The van der Waals surface area contributed by atoms with Crippen LogP contribution in [0.3, 0.4) is 0 Å². The predicted octanol–water partition coefficient (Wildman–Crippen LogP) is 6.41. The Kier molecular flexibility index (Phi) is 8.20. The number of aliphatic hydroxyl groups is 1. The standard InChI is InChI=1S/C29H24FNO5S/c1-3-35-29(34)25-26(32)24(37-28(25)31-27(33)22-10-6-4-8-18(22)2)16-19-12-14-21(15-13-19)36-17-20-9-5-7-11-23(20)30/h4-16,32H,3,17H2,1-2H3/b24-16-,31-28?. The molecular weight excluding hydrogens is 493 g/mol. The number of benzene rings is 3. The number of hydrogen-bond acceptors (Lipinski definition) is 6. The SMILES string of the molecule is CCOC(=O)C1=C(O)/C(=C/c2ccc(OCc3ccccc3F)cc2)SC1=NC(=O)c1ccccc1C. The zero-order chi connectivity index (χ0) is 26.4. The van der Waals surface area contributed by atoms with E-state index in [0.29, 0.717) is 27.3 Å². The van der Waals surface area contributed by atoms with Crippen molar-refractivity contribution in [3.8, 4) is 5.75 Å². The largest absolute Gasteiger partial charge is 0.506 e. The Bertz CT molecular complexity index is 1430. The molecule has 1 amide bonds. The van der Waals surface area contributed by atoms with Crippen LogP contribution in [-0.4, -0.2) is 28.6 Å². The smallest absolute Gasteiger partial charge is 0.344 e. The first kappa shape index (κ1) is 25.9. The summed E-state index contributed by atoms with van der Waals surface area (Å²) in [6.45, 7) is 3.64. The Labute approximate surface area is 218 Å². The lowest BCUT2D eigenvalue weighted by Gasteiger charge is -2.07. The molecule has 4 rings (SSSR count). The monoisotopic (exact) mass is 517 g/mol. The van der Waals surface area contributed by atoms with Crippen LogP contribution in [0.4, 0.5) is 4.39 Å². The van der Waals surface area contributed by atoms with E-state index in [1.54, 1.807) is 80.6 Å². The van der Waals surface area contributed by atoms with Gasteiger partial charge in [0.1, 0.15) is 34.5 Å². The van der Waals surface area contributed by atoms with E-state index in [2.05, 4.69) is 4.99 Å². The molecule has 0 bridgehead atoms. The molecule has 0 spiro atoms. The summed E-state index contributed by atoms with van der Waals surface area (Å²) in [4.78, 5) is 29.9. The van der Waals surface area contributed by atoms with Gasteiger partial charge in [-0.25, -0.2) is 14.2 Å². The van der Waals surface area contributed by atoms with Gasteiger partial charge in [-0.2, -0.15) is 0 Å². The lowest BCUT2D eigenvalue weighted by molar-refractivity contribution is -0.138. The molecular formula is C29H24FNO5S. The molecule has 6 nitrogen and oxygen atoms in total. The maximum absolute atomic E-state index is 13.8. The number of halogens is 1. The third kappa shape index (κ3) is 6.16. The summed E-state index contributed by atoms with van der Waals surface area (Å²) < 4.78 is 24.6. The quantitative estimate of drug-likeness (QED) is 0.364. The van der Waals surface area contributed by atoms with E-state index in [1.165, 1.54) is 6.07 Å². The molecule has 1 N–H and O–H groups in total. The molecule has 188 valence electrons. The van der Waals surface area contributed by atoms with E-state index in [1.807, 2.05) is 6.07 Å². The van der Waals surface area contributed by atoms with Gasteiger partial charge in [-0.1, -0.05) is 60.3 Å². The van der Waals surface area contributed by atoms with Crippen molar-refractivity contribution >= 4 is 34.8 Å². The van der Waals surface area contributed by atoms with Crippen LogP contribution >= 0.6 is 11.8 Å². The summed E-state index contributed by atoms with van der Waals surface area (Å²) >= 11 is 1.01. The molecule has 0 aliphatic carbocycles. The number of aryl methyl sites for hydroxylation is 1. The molecule has 1 heterocycles. The van der Waals surface area contributed by atoms with Gasteiger partial charge in [-0.15, -0.1) is 0 Å². The summed E-state index contributed by atoms with van der Waals surface area (Å²) in [7, 11) is 0. The molecule has 8 heteroatoms. The lowest BCUT2D eigenvalue weighted by Crippen LogP contribution is -2.14. The first-order valence-electron chi connectivity index (χ1n) is 11.5. The van der Waals surface area contributed by atoms with Crippen LogP contribution in [0.5, 0.6) is 5.75 Å². The molecule has 3 aromatic carbocycles. The van der Waals surface area contributed by atoms with Crippen molar-refractivity contribution < 1.29 is 28.6 Å². The number of amides is 1. The highest BCUT2D eigenvalue weighted by Gasteiger charge is 2.34. The van der Waals surface area contributed by atoms with Crippen LogP contribution in [0.1, 0.15) is 34.0 Å². The van der Waals surface area contributed by atoms with Crippen molar-refractivity contribution in [2.24, 2.45) is 4.99 Å². The molecule has 0 radical (unpaired) electrons. The van der Waals surface area contributed by atoms with Crippen LogP contribution in [0.25, 0.3) is 6.08 Å². The van der Waals surface area contributed by atoms with Crippen molar-refractivity contribution in [2.45, 2.75) is 20.5 Å². The van der Waals surface area contributed by atoms with Gasteiger partial charge in [0.2, 0.25) is 0 Å². The van der Waals surface area contributed by atoms with E-state index in [9.17, 15) is 19.1 Å². The van der Waals surface area contributed by atoms with Crippen LogP contribution in [0, 0.1) is 12.7 Å². The average molecular weight is 518 g/mol. The second-order valence-corrected chi connectivity index (χ2v) is 9.07. The van der Waals surface area contributed by atoms with Gasteiger partial charge in [-0.3, -0.25) is 4.79 Å². The number of nitrogens with zero attached hydrogens (tertiary/aromatic N) is 1. The van der Waals surface area contributed by atoms with Gasteiger partial charge in [0.15, 0.2) is 0 Å². The minimum atomic E-state index is -0.760. The minimum absolute atomic E-state index is 0.0697. The Morgan fingerprint density at radius 2 is 1.73 bits per heavy atom. The number of carbonyl (C=O) groups is 2. The first-order valence-corrected chi connectivity index (χ1v) is 12.3. The summed E-state index contributed by atoms with van der Waals surface area (Å²) in [5.74, 6) is -1.38. The van der Waals surface area contributed by atoms with Crippen molar-refractivity contribution in [2.75, 3.05) is 6.61 Å². The summed E-state index contributed by atoms with van der Waals surface area (Å²) in [6.07, 6.45) is 1.67. The van der Waals surface area contributed by atoms with Gasteiger partial charge in [0.05, 0.1) is 11.5 Å². The van der Waals surface area contributed by atoms with Gasteiger partial charge in [-0.05, 0) is 55.3 Å². The number of esters is 1. The molecule has 0 saturated carbocycles. The van der Waals surface area contributed by atoms with E-state index in [4.69, 9.17) is 9.47 Å². The minimum Gasteiger partial charge on any atom is -0.506 e. The highest BCUT2D eigenvalue weighted by molar-refractivity contribution is 8.18. The highest BCUT2D eigenvalue weighted by Crippen LogP contribution is 2.39. The third-order valence-electron chi connectivity index (χ3n) is 5.48. The first-order chi connectivity index (χ1) is 17.9. The van der Waals surface area contributed by atoms with Crippen LogP contribution in [-0.2, 0) is 16.1 Å². The Balaban J connectivity index is 1.57. The Morgan fingerprint density at radius 1 is 1.03 bits per heavy atom. The number of aliphatic imine (C=N–C) groups is 1. The fourth-order valence-corrected chi connectivity index (χ4v) is 4.56. The van der Waals surface area contributed by atoms with E-state index >= 15 is 0 Å². The normalized spacial score (nSPS) is 15.3. The van der Waals surface area contributed by atoms with Crippen molar-refractivity contribution in [1.29, 1.82) is 0 Å². The maximum Gasteiger partial charge on any atom is 0.344 e. The number of thioether (sulfide) groups is 1. The molecule has 0 saturated heterocycles. The molecule has 0 fully saturated rings. The van der Waals surface area contributed by atoms with E-state index in [0.717, 1.165) is 17.3 Å². The second-order valence-electron chi connectivity index (χ2n) is 8.04. The van der Waals surface area contributed by atoms with Crippen molar-refractivity contribution in [1.82, 2.24) is 0 Å². The van der Waals surface area contributed by atoms with Crippen LogP contribution < -0.4 is 4.74 Å². The van der Waals surface area contributed by atoms with Gasteiger partial charge < -0.3 is 14.6 Å². The Hall–Kier alpha value is -4.17. The lowest BCUT2D eigenvalue weighted by atomic mass is 10.1. The van der Waals surface area contributed by atoms with Gasteiger partial charge in [0.25, 0.3) is 5.91 Å². The van der Waals surface area contributed by atoms with Crippen molar-refractivity contribution in [3.63, 3.8) is 0 Å². The second kappa shape index (κ2) is 11.7. The number of rotatable bonds is 7. The van der Waals surface area contributed by atoms with Crippen LogP contribution in [0.2, 0.25) is 0 Å². The predicted molar refractivity (Wildman–Crippen MR) is 142 cm³/mol. The fourth-order valence-electron chi connectivity index (χ4n) is 3.55. The number of aliphatic hydroxyl groups excluding tert-OH is 1. The summed E-state index contributed by atoms with van der Waals surface area (Å²) in [5, 5.41) is 10.9. The third-order valence-corrected chi connectivity index (χ3v) is 6.50. The maximum atomic E-state index is 13.8. The fraction of sp³-hybridized carbons (Fsp3) is 0.138.